The number of anilines is 1. The van der Waals surface area contributed by atoms with E-state index in [2.05, 4.69) is 20.8 Å². The Morgan fingerprint density at radius 3 is 2.42 bits per heavy atom. The summed E-state index contributed by atoms with van der Waals surface area (Å²) >= 11 is 4.91. The van der Waals surface area contributed by atoms with Gasteiger partial charge < -0.3 is 14.4 Å². The van der Waals surface area contributed by atoms with E-state index in [4.69, 9.17) is 14.5 Å². The number of ether oxygens (including phenoxy) is 2. The molecule has 1 fully saturated rings. The number of halogens is 1. The topological polar surface area (TPSA) is 68.7 Å². The lowest BCUT2D eigenvalue weighted by atomic mass is 10.1. The standard InChI is InChI=1S/C22H23BrN2O4S2/c1-28-16-5-8-21(29-2)19(13-16)20-14-30-22(24-20)25-11-9-18(10-12-25)31(26,27)17-6-3-15(23)4-7-17/h3-8,13-14,18H,9-12H2,1-2H3. The molecular formula is C22H23BrN2O4S2. The normalized spacial score (nSPS) is 15.1. The van der Waals surface area contributed by atoms with Gasteiger partial charge in [-0.3, -0.25) is 0 Å². The number of methoxy groups -OCH3 is 2. The molecule has 2 heterocycles. The van der Waals surface area contributed by atoms with E-state index in [0.717, 1.165) is 32.4 Å². The number of piperidine rings is 1. The Hall–Kier alpha value is -2.10. The first-order valence-corrected chi connectivity index (χ1v) is 13.1. The number of hydrogen-bond acceptors (Lipinski definition) is 7. The summed E-state index contributed by atoms with van der Waals surface area (Å²) in [5, 5.41) is 2.51. The predicted octanol–water partition coefficient (Wildman–Crippen LogP) is 5.03. The lowest BCUT2D eigenvalue weighted by molar-refractivity contribution is 0.404. The number of benzene rings is 2. The van der Waals surface area contributed by atoms with Crippen LogP contribution in [0.25, 0.3) is 11.3 Å². The summed E-state index contributed by atoms with van der Waals surface area (Å²) in [7, 11) is -0.0702. The van der Waals surface area contributed by atoms with Gasteiger partial charge in [0.25, 0.3) is 0 Å². The molecular weight excluding hydrogens is 500 g/mol. The number of thiazole rings is 1. The maximum Gasteiger partial charge on any atom is 0.185 e. The summed E-state index contributed by atoms with van der Waals surface area (Å²) in [6, 6.07) is 12.5. The molecule has 1 aliphatic heterocycles. The summed E-state index contributed by atoms with van der Waals surface area (Å²) in [6.45, 7) is 1.31. The first-order valence-electron chi connectivity index (χ1n) is 9.84. The van der Waals surface area contributed by atoms with Gasteiger partial charge in [-0.05, 0) is 55.3 Å². The molecule has 4 rings (SSSR count). The lowest BCUT2D eigenvalue weighted by Crippen LogP contribution is -2.39. The molecule has 31 heavy (non-hydrogen) atoms. The van der Waals surface area contributed by atoms with Crippen LogP contribution in [0.1, 0.15) is 12.8 Å². The summed E-state index contributed by atoms with van der Waals surface area (Å²) in [5.41, 5.74) is 1.69. The summed E-state index contributed by atoms with van der Waals surface area (Å²) in [4.78, 5) is 7.34. The molecule has 0 unspecified atom stereocenters. The number of aromatic nitrogens is 1. The fourth-order valence-electron chi connectivity index (χ4n) is 3.72. The van der Waals surface area contributed by atoms with Gasteiger partial charge in [-0.2, -0.15) is 0 Å². The maximum atomic E-state index is 13.0. The predicted molar refractivity (Wildman–Crippen MR) is 127 cm³/mol. The van der Waals surface area contributed by atoms with E-state index in [1.54, 1.807) is 49.8 Å². The van der Waals surface area contributed by atoms with Crippen molar-refractivity contribution in [3.63, 3.8) is 0 Å². The quantitative estimate of drug-likeness (QED) is 0.452. The van der Waals surface area contributed by atoms with Gasteiger partial charge in [0.05, 0.1) is 30.1 Å². The van der Waals surface area contributed by atoms with Gasteiger partial charge >= 0.3 is 0 Å². The second-order valence-corrected chi connectivity index (χ2v) is 11.2. The van der Waals surface area contributed by atoms with Crippen molar-refractivity contribution < 1.29 is 17.9 Å². The zero-order valence-corrected chi connectivity index (χ0v) is 20.5. The van der Waals surface area contributed by atoms with Crippen LogP contribution >= 0.6 is 27.3 Å². The highest BCUT2D eigenvalue weighted by Gasteiger charge is 2.32. The SMILES string of the molecule is COc1ccc(OC)c(-c2csc(N3CCC(S(=O)(=O)c4ccc(Br)cc4)CC3)n2)c1. The van der Waals surface area contributed by atoms with E-state index >= 15 is 0 Å². The average Bonchev–Trinajstić information content (AvgIpc) is 3.29. The monoisotopic (exact) mass is 522 g/mol. The second kappa shape index (κ2) is 9.18. The molecule has 0 spiro atoms. The molecule has 0 bridgehead atoms. The summed E-state index contributed by atoms with van der Waals surface area (Å²) in [5.74, 6) is 1.47. The largest absolute Gasteiger partial charge is 0.497 e. The number of nitrogens with zero attached hydrogens (tertiary/aromatic N) is 2. The van der Waals surface area contributed by atoms with E-state index in [1.165, 1.54) is 0 Å². The molecule has 1 aliphatic rings. The molecule has 9 heteroatoms. The third-order valence-electron chi connectivity index (χ3n) is 5.47. The van der Waals surface area contributed by atoms with Crippen molar-refractivity contribution in [3.8, 4) is 22.8 Å². The summed E-state index contributed by atoms with van der Waals surface area (Å²) in [6.07, 6.45) is 1.16. The van der Waals surface area contributed by atoms with Crippen LogP contribution in [0.15, 0.2) is 57.2 Å². The maximum absolute atomic E-state index is 13.0. The van der Waals surface area contributed by atoms with Gasteiger partial charge in [-0.1, -0.05) is 15.9 Å². The molecule has 0 N–H and O–H groups in total. The second-order valence-electron chi connectivity index (χ2n) is 7.27. The minimum atomic E-state index is -3.33. The van der Waals surface area contributed by atoms with E-state index in [-0.39, 0.29) is 5.25 Å². The van der Waals surface area contributed by atoms with Crippen LogP contribution in [-0.2, 0) is 9.84 Å². The molecule has 0 amide bonds. The van der Waals surface area contributed by atoms with Crippen molar-refractivity contribution in [2.45, 2.75) is 23.0 Å². The van der Waals surface area contributed by atoms with Crippen LogP contribution in [0.4, 0.5) is 5.13 Å². The van der Waals surface area contributed by atoms with Crippen molar-refractivity contribution in [2.24, 2.45) is 0 Å². The minimum Gasteiger partial charge on any atom is -0.497 e. The Kier molecular flexibility index (Phi) is 6.55. The molecule has 1 saturated heterocycles. The Bertz CT molecular complexity index is 1150. The first-order chi connectivity index (χ1) is 14.9. The minimum absolute atomic E-state index is 0.372. The van der Waals surface area contributed by atoms with Gasteiger partial charge in [0.1, 0.15) is 11.5 Å². The van der Waals surface area contributed by atoms with Gasteiger partial charge in [-0.25, -0.2) is 13.4 Å². The summed E-state index contributed by atoms with van der Waals surface area (Å²) < 4.78 is 37.7. The zero-order chi connectivity index (χ0) is 22.0. The van der Waals surface area contributed by atoms with Gasteiger partial charge in [-0.15, -0.1) is 11.3 Å². The highest BCUT2D eigenvalue weighted by molar-refractivity contribution is 9.10. The Morgan fingerprint density at radius 2 is 1.77 bits per heavy atom. The van der Waals surface area contributed by atoms with E-state index in [0.29, 0.717) is 30.8 Å². The molecule has 164 valence electrons. The van der Waals surface area contributed by atoms with Crippen LogP contribution in [0.3, 0.4) is 0 Å². The average molecular weight is 523 g/mol. The lowest BCUT2D eigenvalue weighted by Gasteiger charge is -2.31. The van der Waals surface area contributed by atoms with Crippen molar-refractivity contribution in [1.82, 2.24) is 4.98 Å². The molecule has 0 aliphatic carbocycles. The third kappa shape index (κ3) is 4.58. The van der Waals surface area contributed by atoms with E-state index in [1.807, 2.05) is 23.6 Å². The molecule has 0 radical (unpaired) electrons. The van der Waals surface area contributed by atoms with Gasteiger partial charge in [0.15, 0.2) is 15.0 Å². The van der Waals surface area contributed by atoms with E-state index in [9.17, 15) is 8.42 Å². The Morgan fingerprint density at radius 1 is 1.06 bits per heavy atom. The van der Waals surface area contributed by atoms with Crippen molar-refractivity contribution in [2.75, 3.05) is 32.2 Å². The fraction of sp³-hybridized carbons (Fsp3) is 0.318. The van der Waals surface area contributed by atoms with Gasteiger partial charge in [0, 0.05) is 28.5 Å². The fourth-order valence-corrected chi connectivity index (χ4v) is 6.60. The molecule has 6 nitrogen and oxygen atoms in total. The van der Waals surface area contributed by atoms with Crippen molar-refractivity contribution >= 4 is 42.2 Å². The molecule has 3 aromatic rings. The number of rotatable bonds is 6. The third-order valence-corrected chi connectivity index (χ3v) is 9.18. The number of sulfone groups is 1. The zero-order valence-electron chi connectivity index (χ0n) is 17.2. The van der Waals surface area contributed by atoms with Crippen LogP contribution in [-0.4, -0.2) is 46.0 Å². The number of hydrogen-bond donors (Lipinski definition) is 0. The molecule has 0 atom stereocenters. The highest BCUT2D eigenvalue weighted by atomic mass is 79.9. The highest BCUT2D eigenvalue weighted by Crippen LogP contribution is 2.37. The molecule has 2 aromatic carbocycles. The van der Waals surface area contributed by atoms with E-state index < -0.39 is 9.84 Å². The first kappa shape index (κ1) is 22.1. The van der Waals surface area contributed by atoms with Crippen LogP contribution < -0.4 is 14.4 Å². The molecule has 1 aromatic heterocycles. The smallest absolute Gasteiger partial charge is 0.185 e. The van der Waals surface area contributed by atoms with Crippen LogP contribution in [0, 0.1) is 0 Å². The Labute approximate surface area is 194 Å². The van der Waals surface area contributed by atoms with Crippen LogP contribution in [0.2, 0.25) is 0 Å². The Balaban J connectivity index is 1.48. The van der Waals surface area contributed by atoms with Gasteiger partial charge in [0.2, 0.25) is 0 Å². The molecule has 0 saturated carbocycles. The van der Waals surface area contributed by atoms with Crippen LogP contribution in [0.5, 0.6) is 11.5 Å². The van der Waals surface area contributed by atoms with Crippen molar-refractivity contribution in [1.29, 1.82) is 0 Å². The van der Waals surface area contributed by atoms with Crippen molar-refractivity contribution in [3.05, 3.63) is 52.3 Å².